The first-order valence-corrected chi connectivity index (χ1v) is 7.91. The third kappa shape index (κ3) is 6.40. The molecular formula is C17H23Cl2N5O. The minimum Gasteiger partial charge on any atom is -0.376 e. The third-order valence-electron chi connectivity index (χ3n) is 3.85. The van der Waals surface area contributed by atoms with Gasteiger partial charge in [0.25, 0.3) is 0 Å². The van der Waals surface area contributed by atoms with Gasteiger partial charge < -0.3 is 15.5 Å². The quantitative estimate of drug-likeness (QED) is 0.829. The molecule has 0 saturated carbocycles. The van der Waals surface area contributed by atoms with Crippen molar-refractivity contribution in [2.24, 2.45) is 0 Å². The van der Waals surface area contributed by atoms with Gasteiger partial charge in [-0.1, -0.05) is 18.2 Å². The Morgan fingerprint density at radius 1 is 1.12 bits per heavy atom. The molecule has 2 heterocycles. The summed E-state index contributed by atoms with van der Waals surface area (Å²) in [5.41, 5.74) is 0.950. The number of para-hydroxylation sites is 1. The van der Waals surface area contributed by atoms with Gasteiger partial charge in [0.1, 0.15) is 0 Å². The standard InChI is InChI=1S/C17H21N5O.2ClH/c23-16(12-20-14-6-2-1-3-7-14)21-15-8-4-11-22(13-15)17-18-9-5-10-19-17;;/h1-3,5-7,9-10,15,20H,4,8,11-13H2,(H,21,23);2*1H. The van der Waals surface area contributed by atoms with Crippen molar-refractivity contribution in [1.29, 1.82) is 0 Å². The Kier molecular flexibility index (Phi) is 9.02. The van der Waals surface area contributed by atoms with Crippen LogP contribution in [0.25, 0.3) is 0 Å². The summed E-state index contributed by atoms with van der Waals surface area (Å²) in [4.78, 5) is 22.8. The molecule has 8 heteroatoms. The number of anilines is 2. The number of benzene rings is 1. The van der Waals surface area contributed by atoms with Crippen molar-refractivity contribution in [1.82, 2.24) is 15.3 Å². The number of hydrogen-bond donors (Lipinski definition) is 2. The molecule has 1 aliphatic heterocycles. The van der Waals surface area contributed by atoms with E-state index >= 15 is 0 Å². The monoisotopic (exact) mass is 383 g/mol. The van der Waals surface area contributed by atoms with Crippen LogP contribution >= 0.6 is 24.8 Å². The Balaban J connectivity index is 0.00000156. The van der Waals surface area contributed by atoms with Crippen LogP contribution in [0.4, 0.5) is 11.6 Å². The van der Waals surface area contributed by atoms with Crippen LogP contribution < -0.4 is 15.5 Å². The van der Waals surface area contributed by atoms with Gasteiger partial charge in [0.2, 0.25) is 11.9 Å². The van der Waals surface area contributed by atoms with E-state index in [0.29, 0.717) is 0 Å². The van der Waals surface area contributed by atoms with Crippen LogP contribution in [0, 0.1) is 0 Å². The Morgan fingerprint density at radius 3 is 2.56 bits per heavy atom. The van der Waals surface area contributed by atoms with E-state index in [1.807, 2.05) is 36.4 Å². The average molecular weight is 384 g/mol. The molecule has 25 heavy (non-hydrogen) atoms. The fourth-order valence-corrected chi connectivity index (χ4v) is 2.75. The predicted octanol–water partition coefficient (Wildman–Crippen LogP) is 2.52. The third-order valence-corrected chi connectivity index (χ3v) is 3.85. The highest BCUT2D eigenvalue weighted by atomic mass is 35.5. The summed E-state index contributed by atoms with van der Waals surface area (Å²) in [6, 6.07) is 11.7. The van der Waals surface area contributed by atoms with Crippen molar-refractivity contribution in [2.75, 3.05) is 29.9 Å². The van der Waals surface area contributed by atoms with E-state index in [1.54, 1.807) is 12.4 Å². The summed E-state index contributed by atoms with van der Waals surface area (Å²) in [7, 11) is 0. The zero-order chi connectivity index (χ0) is 15.9. The summed E-state index contributed by atoms with van der Waals surface area (Å²) in [6.45, 7) is 1.96. The summed E-state index contributed by atoms with van der Waals surface area (Å²) >= 11 is 0. The van der Waals surface area contributed by atoms with E-state index in [4.69, 9.17) is 0 Å². The number of aromatic nitrogens is 2. The van der Waals surface area contributed by atoms with Gasteiger partial charge in [-0.2, -0.15) is 0 Å². The van der Waals surface area contributed by atoms with Gasteiger partial charge in [-0.3, -0.25) is 4.79 Å². The smallest absolute Gasteiger partial charge is 0.239 e. The number of nitrogens with one attached hydrogen (secondary N) is 2. The first-order chi connectivity index (χ1) is 11.3. The highest BCUT2D eigenvalue weighted by Crippen LogP contribution is 2.15. The molecule has 6 nitrogen and oxygen atoms in total. The normalized spacial score (nSPS) is 16.2. The molecule has 1 fully saturated rings. The van der Waals surface area contributed by atoms with Gasteiger partial charge >= 0.3 is 0 Å². The fraction of sp³-hybridized carbons (Fsp3) is 0.353. The van der Waals surface area contributed by atoms with Crippen LogP contribution in [0.5, 0.6) is 0 Å². The van der Waals surface area contributed by atoms with Crippen LogP contribution in [-0.4, -0.2) is 41.6 Å². The molecule has 1 aromatic carbocycles. The van der Waals surface area contributed by atoms with Gasteiger partial charge in [0, 0.05) is 37.2 Å². The molecule has 1 aliphatic rings. The predicted molar refractivity (Wildman–Crippen MR) is 105 cm³/mol. The molecular weight excluding hydrogens is 361 g/mol. The summed E-state index contributed by atoms with van der Waals surface area (Å²) in [5, 5.41) is 6.22. The van der Waals surface area contributed by atoms with Crippen molar-refractivity contribution >= 4 is 42.4 Å². The second-order valence-electron chi connectivity index (χ2n) is 5.62. The van der Waals surface area contributed by atoms with E-state index in [2.05, 4.69) is 25.5 Å². The Labute approximate surface area is 160 Å². The van der Waals surface area contributed by atoms with Crippen molar-refractivity contribution in [2.45, 2.75) is 18.9 Å². The Bertz CT molecular complexity index is 629. The first kappa shape index (κ1) is 21.0. The van der Waals surface area contributed by atoms with Crippen LogP contribution in [0.15, 0.2) is 48.8 Å². The van der Waals surface area contributed by atoms with Gasteiger partial charge in [-0.15, -0.1) is 24.8 Å². The van der Waals surface area contributed by atoms with Gasteiger partial charge in [0.05, 0.1) is 6.54 Å². The number of carbonyl (C=O) groups is 1. The summed E-state index contributed by atoms with van der Waals surface area (Å²) in [5.74, 6) is 0.739. The lowest BCUT2D eigenvalue weighted by atomic mass is 10.1. The lowest BCUT2D eigenvalue weighted by molar-refractivity contribution is -0.120. The van der Waals surface area contributed by atoms with Crippen molar-refractivity contribution in [3.8, 4) is 0 Å². The largest absolute Gasteiger partial charge is 0.376 e. The lowest BCUT2D eigenvalue weighted by Gasteiger charge is -2.33. The van der Waals surface area contributed by atoms with E-state index in [-0.39, 0.29) is 43.3 Å². The Hall–Kier alpha value is -2.05. The minimum absolute atomic E-state index is 0. The molecule has 136 valence electrons. The topological polar surface area (TPSA) is 70.2 Å². The first-order valence-electron chi connectivity index (χ1n) is 7.91. The highest BCUT2D eigenvalue weighted by Gasteiger charge is 2.22. The number of halogens is 2. The zero-order valence-electron chi connectivity index (χ0n) is 13.8. The Morgan fingerprint density at radius 2 is 1.84 bits per heavy atom. The number of carbonyl (C=O) groups excluding carboxylic acids is 1. The molecule has 1 amide bonds. The van der Waals surface area contributed by atoms with Crippen molar-refractivity contribution < 1.29 is 4.79 Å². The molecule has 0 spiro atoms. The maximum Gasteiger partial charge on any atom is 0.239 e. The number of nitrogens with zero attached hydrogens (tertiary/aromatic N) is 3. The SMILES string of the molecule is Cl.Cl.O=C(CNc1ccccc1)NC1CCCN(c2ncccn2)C1. The molecule has 1 unspecified atom stereocenters. The lowest BCUT2D eigenvalue weighted by Crippen LogP contribution is -2.49. The second-order valence-corrected chi connectivity index (χ2v) is 5.62. The fourth-order valence-electron chi connectivity index (χ4n) is 2.75. The molecule has 0 bridgehead atoms. The van der Waals surface area contributed by atoms with Gasteiger partial charge in [-0.25, -0.2) is 9.97 Å². The number of amides is 1. The van der Waals surface area contributed by atoms with Gasteiger partial charge in [-0.05, 0) is 31.0 Å². The molecule has 0 aliphatic carbocycles. The number of hydrogen-bond acceptors (Lipinski definition) is 5. The van der Waals surface area contributed by atoms with E-state index in [1.165, 1.54) is 0 Å². The summed E-state index contributed by atoms with van der Waals surface area (Å²) in [6.07, 6.45) is 5.50. The summed E-state index contributed by atoms with van der Waals surface area (Å²) < 4.78 is 0. The van der Waals surface area contributed by atoms with E-state index in [9.17, 15) is 4.79 Å². The molecule has 1 saturated heterocycles. The molecule has 2 N–H and O–H groups in total. The van der Waals surface area contributed by atoms with Crippen molar-refractivity contribution in [3.05, 3.63) is 48.8 Å². The molecule has 1 atom stereocenters. The second kappa shape index (κ2) is 10.7. The van der Waals surface area contributed by atoms with Crippen molar-refractivity contribution in [3.63, 3.8) is 0 Å². The number of piperidine rings is 1. The van der Waals surface area contributed by atoms with Crippen LogP contribution in [-0.2, 0) is 4.79 Å². The molecule has 1 aromatic heterocycles. The van der Waals surface area contributed by atoms with Crippen LogP contribution in [0.3, 0.4) is 0 Å². The zero-order valence-corrected chi connectivity index (χ0v) is 15.4. The van der Waals surface area contributed by atoms with Crippen LogP contribution in [0.2, 0.25) is 0 Å². The molecule has 0 radical (unpaired) electrons. The maximum absolute atomic E-state index is 12.1. The van der Waals surface area contributed by atoms with E-state index in [0.717, 1.165) is 37.6 Å². The highest BCUT2D eigenvalue weighted by molar-refractivity contribution is 5.85. The van der Waals surface area contributed by atoms with Crippen LogP contribution in [0.1, 0.15) is 12.8 Å². The maximum atomic E-state index is 12.1. The van der Waals surface area contributed by atoms with Gasteiger partial charge in [0.15, 0.2) is 0 Å². The number of rotatable bonds is 5. The molecule has 3 rings (SSSR count). The minimum atomic E-state index is 0. The average Bonchev–Trinajstić information content (AvgIpc) is 2.62. The molecule has 2 aromatic rings. The van der Waals surface area contributed by atoms with E-state index < -0.39 is 0 Å².